The molecule has 6 heteroatoms. The van der Waals surface area contributed by atoms with Crippen molar-refractivity contribution in [3.8, 4) is 0 Å². The minimum Gasteiger partial charge on any atom is -0.444 e. The number of carbonyl (C=O) groups excluding carboxylic acids is 2. The molecule has 1 heterocycles. The molecule has 0 spiro atoms. The maximum absolute atomic E-state index is 12.3. The Morgan fingerprint density at radius 1 is 1.25 bits per heavy atom. The van der Waals surface area contributed by atoms with Gasteiger partial charge in [-0.1, -0.05) is 6.92 Å². The molecule has 0 aromatic heterocycles. The van der Waals surface area contributed by atoms with Crippen LogP contribution in [0, 0.1) is 0 Å². The minimum absolute atomic E-state index is 0.114. The quantitative estimate of drug-likeness (QED) is 0.696. The van der Waals surface area contributed by atoms with Crippen molar-refractivity contribution in [1.82, 2.24) is 9.80 Å². The predicted molar refractivity (Wildman–Crippen MR) is 93.9 cm³/mol. The molecule has 24 heavy (non-hydrogen) atoms. The van der Waals surface area contributed by atoms with Crippen LogP contribution < -0.4 is 0 Å². The zero-order valence-corrected chi connectivity index (χ0v) is 16.2. The molecule has 1 saturated heterocycles. The topological polar surface area (TPSA) is 59.1 Å². The zero-order valence-electron chi connectivity index (χ0n) is 16.2. The molecule has 1 aliphatic heterocycles. The third-order valence-corrected chi connectivity index (χ3v) is 4.28. The molecule has 0 saturated carbocycles. The highest BCUT2D eigenvalue weighted by Gasteiger charge is 2.38. The fraction of sp³-hybridized carbons (Fsp3) is 0.889. The van der Waals surface area contributed by atoms with E-state index in [1.54, 1.807) is 23.9 Å². The minimum atomic E-state index is -0.489. The fourth-order valence-corrected chi connectivity index (χ4v) is 2.82. The van der Waals surface area contributed by atoms with E-state index in [0.29, 0.717) is 32.5 Å². The van der Waals surface area contributed by atoms with E-state index >= 15 is 0 Å². The monoisotopic (exact) mass is 342 g/mol. The Morgan fingerprint density at radius 3 is 2.46 bits per heavy atom. The summed E-state index contributed by atoms with van der Waals surface area (Å²) in [7, 11) is 3.52. The summed E-state index contributed by atoms with van der Waals surface area (Å²) in [5.74, 6) is 0.114. The highest BCUT2D eigenvalue weighted by atomic mass is 16.6. The third-order valence-electron chi connectivity index (χ3n) is 4.28. The van der Waals surface area contributed by atoms with Crippen molar-refractivity contribution in [2.75, 3.05) is 33.8 Å². The lowest BCUT2D eigenvalue weighted by Gasteiger charge is -2.42. The summed E-state index contributed by atoms with van der Waals surface area (Å²) in [4.78, 5) is 27.3. The van der Waals surface area contributed by atoms with Gasteiger partial charge in [-0.05, 0) is 46.5 Å². The van der Waals surface area contributed by atoms with Gasteiger partial charge in [0, 0.05) is 33.7 Å². The van der Waals surface area contributed by atoms with Crippen molar-refractivity contribution in [3.05, 3.63) is 0 Å². The second-order valence-corrected chi connectivity index (χ2v) is 7.78. The Labute approximate surface area is 146 Å². The molecule has 0 aromatic rings. The summed E-state index contributed by atoms with van der Waals surface area (Å²) in [6.07, 6.45) is 3.60. The van der Waals surface area contributed by atoms with E-state index in [-0.39, 0.29) is 17.6 Å². The summed E-state index contributed by atoms with van der Waals surface area (Å²) >= 11 is 0. The summed E-state index contributed by atoms with van der Waals surface area (Å²) in [5, 5.41) is 0. The molecule has 1 aliphatic rings. The van der Waals surface area contributed by atoms with E-state index < -0.39 is 5.60 Å². The van der Waals surface area contributed by atoms with Crippen molar-refractivity contribution in [2.24, 2.45) is 0 Å². The molecule has 2 amide bonds. The van der Waals surface area contributed by atoms with Crippen LogP contribution in [0.1, 0.15) is 59.8 Å². The average Bonchev–Trinajstić information content (AvgIpc) is 2.49. The number of hydrogen-bond acceptors (Lipinski definition) is 4. The highest BCUT2D eigenvalue weighted by molar-refractivity contribution is 5.75. The van der Waals surface area contributed by atoms with Gasteiger partial charge in [0.1, 0.15) is 5.60 Å². The lowest BCUT2D eigenvalue weighted by Crippen LogP contribution is -2.52. The third kappa shape index (κ3) is 6.67. The number of likely N-dealkylation sites (tertiary alicyclic amines) is 1. The maximum Gasteiger partial charge on any atom is 0.410 e. The van der Waals surface area contributed by atoms with Crippen molar-refractivity contribution in [1.29, 1.82) is 0 Å². The van der Waals surface area contributed by atoms with Crippen LogP contribution in [0.2, 0.25) is 0 Å². The van der Waals surface area contributed by atoms with Crippen LogP contribution in [0.4, 0.5) is 4.79 Å². The van der Waals surface area contributed by atoms with Crippen LogP contribution in [0.25, 0.3) is 0 Å². The van der Waals surface area contributed by atoms with E-state index in [4.69, 9.17) is 9.47 Å². The molecule has 0 radical (unpaired) electrons. The lowest BCUT2D eigenvalue weighted by atomic mass is 9.90. The van der Waals surface area contributed by atoms with Gasteiger partial charge in [0.2, 0.25) is 5.91 Å². The first-order valence-electron chi connectivity index (χ1n) is 8.90. The normalized spacial score (nSPS) is 21.5. The summed E-state index contributed by atoms with van der Waals surface area (Å²) < 4.78 is 11.6. The zero-order chi connectivity index (χ0) is 18.4. The van der Waals surface area contributed by atoms with E-state index in [0.717, 1.165) is 19.3 Å². The molecule has 1 rings (SSSR count). The summed E-state index contributed by atoms with van der Waals surface area (Å²) in [6, 6.07) is 0. The van der Waals surface area contributed by atoms with E-state index in [1.807, 2.05) is 20.8 Å². The first-order chi connectivity index (χ1) is 11.1. The first kappa shape index (κ1) is 20.7. The van der Waals surface area contributed by atoms with E-state index in [2.05, 4.69) is 6.92 Å². The summed E-state index contributed by atoms with van der Waals surface area (Å²) in [5.41, 5.74) is -0.812. The second-order valence-electron chi connectivity index (χ2n) is 7.78. The van der Waals surface area contributed by atoms with Crippen molar-refractivity contribution < 1.29 is 19.1 Å². The van der Waals surface area contributed by atoms with Gasteiger partial charge in [0.05, 0.1) is 12.1 Å². The number of hydrogen-bond donors (Lipinski definition) is 0. The summed E-state index contributed by atoms with van der Waals surface area (Å²) in [6.45, 7) is 9.51. The Kier molecular flexibility index (Phi) is 7.52. The van der Waals surface area contributed by atoms with Gasteiger partial charge in [-0.3, -0.25) is 4.79 Å². The molecule has 0 N–H and O–H groups in total. The predicted octanol–water partition coefficient (Wildman–Crippen LogP) is 3.05. The highest BCUT2D eigenvalue weighted by Crippen LogP contribution is 2.29. The van der Waals surface area contributed by atoms with E-state index in [9.17, 15) is 9.59 Å². The number of nitrogens with zero attached hydrogens (tertiary/aromatic N) is 2. The van der Waals surface area contributed by atoms with Gasteiger partial charge in [-0.15, -0.1) is 0 Å². The maximum atomic E-state index is 12.3. The van der Waals surface area contributed by atoms with Crippen LogP contribution in [0.15, 0.2) is 0 Å². The van der Waals surface area contributed by atoms with Crippen molar-refractivity contribution in [2.45, 2.75) is 71.0 Å². The SMILES string of the molecule is CCC1(OCCCC(=O)N(C)C)CCCN(C(=O)OC(C)(C)C)C1. The van der Waals surface area contributed by atoms with E-state index in [1.165, 1.54) is 0 Å². The molecule has 0 aliphatic carbocycles. The van der Waals surface area contributed by atoms with Crippen LogP contribution >= 0.6 is 0 Å². The van der Waals surface area contributed by atoms with Crippen molar-refractivity contribution in [3.63, 3.8) is 0 Å². The van der Waals surface area contributed by atoms with Gasteiger partial charge in [0.15, 0.2) is 0 Å². The van der Waals surface area contributed by atoms with Gasteiger partial charge in [0.25, 0.3) is 0 Å². The molecule has 1 atom stereocenters. The number of ether oxygens (including phenoxy) is 2. The van der Waals surface area contributed by atoms with Crippen LogP contribution in [0.3, 0.4) is 0 Å². The largest absolute Gasteiger partial charge is 0.444 e. The van der Waals surface area contributed by atoms with Gasteiger partial charge >= 0.3 is 6.09 Å². The van der Waals surface area contributed by atoms with Gasteiger partial charge in [-0.2, -0.15) is 0 Å². The van der Waals surface area contributed by atoms with Crippen molar-refractivity contribution >= 4 is 12.0 Å². The first-order valence-corrected chi connectivity index (χ1v) is 8.90. The molecule has 6 nitrogen and oxygen atoms in total. The van der Waals surface area contributed by atoms with Crippen LogP contribution in [0.5, 0.6) is 0 Å². The molecule has 1 unspecified atom stereocenters. The standard InChI is InChI=1S/C18H34N2O4/c1-7-18(23-13-8-10-15(21)19(5)6)11-9-12-20(14-18)16(22)24-17(2,3)4/h7-14H2,1-6H3. The molecule has 0 bridgehead atoms. The Morgan fingerprint density at radius 2 is 1.92 bits per heavy atom. The lowest BCUT2D eigenvalue weighted by molar-refractivity contribution is -0.130. The number of rotatable bonds is 6. The van der Waals surface area contributed by atoms with Crippen LogP contribution in [-0.2, 0) is 14.3 Å². The second kappa shape index (κ2) is 8.70. The average molecular weight is 342 g/mol. The van der Waals surface area contributed by atoms with Gasteiger partial charge < -0.3 is 19.3 Å². The van der Waals surface area contributed by atoms with Crippen LogP contribution in [-0.4, -0.2) is 66.8 Å². The molecular formula is C18H34N2O4. The number of piperidine rings is 1. The smallest absolute Gasteiger partial charge is 0.410 e. The number of amides is 2. The molecule has 140 valence electrons. The Balaban J connectivity index is 2.53. The Bertz CT molecular complexity index is 431. The molecular weight excluding hydrogens is 308 g/mol. The number of carbonyl (C=O) groups is 2. The molecule has 1 fully saturated rings. The Hall–Kier alpha value is -1.30. The van der Waals surface area contributed by atoms with Gasteiger partial charge in [-0.25, -0.2) is 4.79 Å². The molecule has 0 aromatic carbocycles. The fourth-order valence-electron chi connectivity index (χ4n) is 2.82.